The molecule has 1 aromatic rings. The highest BCUT2D eigenvalue weighted by atomic mass is 35.5. The van der Waals surface area contributed by atoms with Gasteiger partial charge in [0.05, 0.1) is 10.7 Å². The molecule has 0 radical (unpaired) electrons. The summed E-state index contributed by atoms with van der Waals surface area (Å²) in [5.74, 6) is 0.675. The summed E-state index contributed by atoms with van der Waals surface area (Å²) in [5.41, 5.74) is 6.85. The molecule has 1 saturated carbocycles. The van der Waals surface area contributed by atoms with Gasteiger partial charge in [0.2, 0.25) is 0 Å². The Morgan fingerprint density at radius 2 is 2.00 bits per heavy atom. The van der Waals surface area contributed by atoms with Crippen LogP contribution in [0.25, 0.3) is 0 Å². The number of halogens is 1. The second-order valence-corrected chi connectivity index (χ2v) is 5.89. The van der Waals surface area contributed by atoms with Gasteiger partial charge in [0, 0.05) is 6.04 Å². The van der Waals surface area contributed by atoms with Crippen LogP contribution in [0.3, 0.4) is 0 Å². The van der Waals surface area contributed by atoms with Crippen LogP contribution in [0.5, 0.6) is 0 Å². The van der Waals surface area contributed by atoms with E-state index in [4.69, 9.17) is 23.8 Å². The fourth-order valence-electron chi connectivity index (χ4n) is 2.42. The summed E-state index contributed by atoms with van der Waals surface area (Å²) in [6.45, 7) is 2.28. The van der Waals surface area contributed by atoms with Gasteiger partial charge < -0.3 is 5.32 Å². The predicted molar refractivity (Wildman–Crippen MR) is 85.4 cm³/mol. The Morgan fingerprint density at radius 1 is 1.26 bits per heavy atom. The number of nitrogens with one attached hydrogen (secondary N) is 3. The van der Waals surface area contributed by atoms with Crippen molar-refractivity contribution in [1.29, 1.82) is 0 Å². The van der Waals surface area contributed by atoms with E-state index in [1.54, 1.807) is 0 Å². The van der Waals surface area contributed by atoms with Crippen LogP contribution in [-0.2, 0) is 0 Å². The van der Waals surface area contributed by atoms with Gasteiger partial charge in [-0.15, -0.1) is 0 Å². The summed E-state index contributed by atoms with van der Waals surface area (Å²) in [4.78, 5) is 0. The molecule has 0 amide bonds. The van der Waals surface area contributed by atoms with Gasteiger partial charge in [-0.3, -0.25) is 10.9 Å². The molecule has 1 aromatic carbocycles. The van der Waals surface area contributed by atoms with E-state index in [1.165, 1.54) is 25.7 Å². The molecule has 2 atom stereocenters. The van der Waals surface area contributed by atoms with Crippen molar-refractivity contribution in [2.75, 3.05) is 5.43 Å². The summed E-state index contributed by atoms with van der Waals surface area (Å²) < 4.78 is 0. The standard InChI is InChI=1S/C14H20ClN3S/c1-10-6-2-4-8-12(10)16-14(19)18-17-13-9-5-3-7-11(13)15/h3,5,7,9-10,12,17H,2,4,6,8H2,1H3,(H2,16,18,19)/t10-,12-/m1/s1. The normalized spacial score (nSPS) is 22.6. The molecule has 0 saturated heterocycles. The second kappa shape index (κ2) is 6.96. The molecule has 2 rings (SSSR count). The summed E-state index contributed by atoms with van der Waals surface area (Å²) >= 11 is 11.4. The minimum Gasteiger partial charge on any atom is -0.358 e. The van der Waals surface area contributed by atoms with E-state index in [9.17, 15) is 0 Å². The summed E-state index contributed by atoms with van der Waals surface area (Å²) in [6.07, 6.45) is 5.08. The van der Waals surface area contributed by atoms with E-state index < -0.39 is 0 Å². The van der Waals surface area contributed by atoms with Crippen LogP contribution < -0.4 is 16.2 Å². The van der Waals surface area contributed by atoms with Crippen LogP contribution in [0.1, 0.15) is 32.6 Å². The zero-order valence-electron chi connectivity index (χ0n) is 11.1. The number of para-hydroxylation sites is 1. The first kappa shape index (κ1) is 14.4. The van der Waals surface area contributed by atoms with Crippen LogP contribution in [0.2, 0.25) is 5.02 Å². The van der Waals surface area contributed by atoms with Crippen molar-refractivity contribution in [3.63, 3.8) is 0 Å². The van der Waals surface area contributed by atoms with Gasteiger partial charge >= 0.3 is 0 Å². The Labute approximate surface area is 125 Å². The van der Waals surface area contributed by atoms with Crippen molar-refractivity contribution in [2.24, 2.45) is 5.92 Å². The maximum absolute atomic E-state index is 6.06. The lowest BCUT2D eigenvalue weighted by molar-refractivity contribution is 0.308. The monoisotopic (exact) mass is 297 g/mol. The van der Waals surface area contributed by atoms with Gasteiger partial charge in [0.15, 0.2) is 5.11 Å². The fourth-order valence-corrected chi connectivity index (χ4v) is 2.81. The van der Waals surface area contributed by atoms with Crippen LogP contribution in [-0.4, -0.2) is 11.2 Å². The first-order chi connectivity index (χ1) is 9.16. The lowest BCUT2D eigenvalue weighted by Crippen LogP contribution is -2.47. The van der Waals surface area contributed by atoms with Gasteiger partial charge in [-0.05, 0) is 43.1 Å². The molecule has 1 aliphatic carbocycles. The number of hydrogen-bond donors (Lipinski definition) is 3. The van der Waals surface area contributed by atoms with E-state index in [1.807, 2.05) is 24.3 Å². The zero-order valence-corrected chi connectivity index (χ0v) is 12.7. The highest BCUT2D eigenvalue weighted by molar-refractivity contribution is 7.80. The number of anilines is 1. The van der Waals surface area contributed by atoms with E-state index in [0.717, 1.165) is 5.69 Å². The summed E-state index contributed by atoms with van der Waals surface area (Å²) in [7, 11) is 0. The zero-order chi connectivity index (χ0) is 13.7. The van der Waals surface area contributed by atoms with Crippen LogP contribution >= 0.6 is 23.8 Å². The minimum absolute atomic E-state index is 0.474. The Balaban J connectivity index is 1.80. The van der Waals surface area contributed by atoms with Gasteiger partial charge in [-0.2, -0.15) is 0 Å². The van der Waals surface area contributed by atoms with Crippen LogP contribution in [0, 0.1) is 5.92 Å². The lowest BCUT2D eigenvalue weighted by Gasteiger charge is -2.30. The van der Waals surface area contributed by atoms with Gasteiger partial charge in [0.25, 0.3) is 0 Å². The molecule has 3 N–H and O–H groups in total. The van der Waals surface area contributed by atoms with Crippen LogP contribution in [0.4, 0.5) is 5.69 Å². The minimum atomic E-state index is 0.474. The first-order valence-electron chi connectivity index (χ1n) is 6.74. The smallest absolute Gasteiger partial charge is 0.185 e. The molecule has 1 aliphatic rings. The number of thiocarbonyl (C=S) groups is 1. The third-order valence-electron chi connectivity index (χ3n) is 3.61. The molecular formula is C14H20ClN3S. The van der Waals surface area contributed by atoms with Crippen LogP contribution in [0.15, 0.2) is 24.3 Å². The van der Waals surface area contributed by atoms with Crippen molar-refractivity contribution in [1.82, 2.24) is 10.7 Å². The molecule has 0 aromatic heterocycles. The quantitative estimate of drug-likeness (QED) is 0.587. The average Bonchev–Trinajstić information content (AvgIpc) is 2.40. The largest absolute Gasteiger partial charge is 0.358 e. The Bertz CT molecular complexity index is 438. The van der Waals surface area contributed by atoms with Crippen molar-refractivity contribution in [3.8, 4) is 0 Å². The predicted octanol–water partition coefficient (Wildman–Crippen LogP) is 3.71. The maximum Gasteiger partial charge on any atom is 0.185 e. The summed E-state index contributed by atoms with van der Waals surface area (Å²) in [5, 5.41) is 4.67. The molecule has 19 heavy (non-hydrogen) atoms. The highest BCUT2D eigenvalue weighted by Crippen LogP contribution is 2.23. The Morgan fingerprint density at radius 3 is 2.74 bits per heavy atom. The first-order valence-corrected chi connectivity index (χ1v) is 7.52. The fraction of sp³-hybridized carbons (Fsp3) is 0.500. The topological polar surface area (TPSA) is 36.1 Å². The van der Waals surface area contributed by atoms with E-state index in [-0.39, 0.29) is 0 Å². The van der Waals surface area contributed by atoms with E-state index in [2.05, 4.69) is 23.1 Å². The molecule has 0 heterocycles. The van der Waals surface area contributed by atoms with E-state index >= 15 is 0 Å². The van der Waals surface area contributed by atoms with Gasteiger partial charge in [-0.1, -0.05) is 43.5 Å². The molecule has 0 spiro atoms. The van der Waals surface area contributed by atoms with Crippen molar-refractivity contribution >= 4 is 34.6 Å². The molecule has 5 heteroatoms. The van der Waals surface area contributed by atoms with Crippen molar-refractivity contribution in [3.05, 3.63) is 29.3 Å². The number of hydrazine groups is 1. The molecule has 0 unspecified atom stereocenters. The average molecular weight is 298 g/mol. The SMILES string of the molecule is C[C@@H]1CCCC[C@H]1NC(=S)NNc1ccccc1Cl. The number of hydrogen-bond acceptors (Lipinski definition) is 2. The molecule has 0 bridgehead atoms. The Hall–Kier alpha value is -1.00. The Kier molecular flexibility index (Phi) is 5.28. The third-order valence-corrected chi connectivity index (χ3v) is 4.16. The lowest BCUT2D eigenvalue weighted by atomic mass is 9.86. The number of rotatable bonds is 3. The van der Waals surface area contributed by atoms with Gasteiger partial charge in [-0.25, -0.2) is 0 Å². The molecule has 0 aliphatic heterocycles. The second-order valence-electron chi connectivity index (χ2n) is 5.07. The molecular weight excluding hydrogens is 278 g/mol. The molecule has 104 valence electrons. The third kappa shape index (κ3) is 4.25. The number of benzene rings is 1. The highest BCUT2D eigenvalue weighted by Gasteiger charge is 2.21. The van der Waals surface area contributed by atoms with Crippen molar-refractivity contribution in [2.45, 2.75) is 38.6 Å². The van der Waals surface area contributed by atoms with Crippen molar-refractivity contribution < 1.29 is 0 Å². The maximum atomic E-state index is 6.06. The molecule has 1 fully saturated rings. The molecule has 3 nitrogen and oxygen atoms in total. The summed E-state index contributed by atoms with van der Waals surface area (Å²) in [6, 6.07) is 8.04. The van der Waals surface area contributed by atoms with Gasteiger partial charge in [0.1, 0.15) is 0 Å². The van der Waals surface area contributed by atoms with E-state index in [0.29, 0.717) is 22.1 Å².